The van der Waals surface area contributed by atoms with Gasteiger partial charge in [0.1, 0.15) is 11.5 Å². The average Bonchev–Trinajstić information content (AvgIpc) is 3.13. The highest BCUT2D eigenvalue weighted by atomic mass is 16.5. The predicted molar refractivity (Wildman–Crippen MR) is 189 cm³/mol. The molecule has 7 rings (SSSR count). The minimum atomic E-state index is 0.429. The van der Waals surface area contributed by atoms with Crippen molar-refractivity contribution in [3.63, 3.8) is 0 Å². The van der Waals surface area contributed by atoms with Gasteiger partial charge in [-0.25, -0.2) is 0 Å². The fourth-order valence-electron chi connectivity index (χ4n) is 6.06. The van der Waals surface area contributed by atoms with Gasteiger partial charge >= 0.3 is 0 Å². The van der Waals surface area contributed by atoms with E-state index in [-0.39, 0.29) is 0 Å². The molecular formula is C44H36NO+. The van der Waals surface area contributed by atoms with Crippen molar-refractivity contribution in [2.24, 2.45) is 0 Å². The van der Waals surface area contributed by atoms with Crippen LogP contribution < -0.4 is 9.30 Å². The molecule has 0 spiro atoms. The van der Waals surface area contributed by atoms with Gasteiger partial charge in [-0.05, 0) is 83.1 Å². The molecule has 46 heavy (non-hydrogen) atoms. The number of benzene rings is 6. The molecule has 0 saturated carbocycles. The van der Waals surface area contributed by atoms with Gasteiger partial charge in [-0.3, -0.25) is 0 Å². The molecule has 222 valence electrons. The monoisotopic (exact) mass is 594 g/mol. The molecule has 0 N–H and O–H groups in total. The highest BCUT2D eigenvalue weighted by molar-refractivity contribution is 5.74. The van der Waals surface area contributed by atoms with Gasteiger partial charge in [-0.1, -0.05) is 116 Å². The van der Waals surface area contributed by atoms with Crippen LogP contribution in [0.5, 0.6) is 11.5 Å². The van der Waals surface area contributed by atoms with E-state index in [0.717, 1.165) is 46.1 Å². The van der Waals surface area contributed by atoms with Crippen molar-refractivity contribution in [1.29, 1.82) is 0 Å². The summed E-state index contributed by atoms with van der Waals surface area (Å²) in [5, 5.41) is 0. The summed E-state index contributed by atoms with van der Waals surface area (Å²) in [5.74, 6) is 2.06. The SMILES string of the molecule is CC(Cc1ccccc1)c1ccc(Oc2ccc(-[n+]3c(-c4ccccc4)cc(-c4ccccc4)cc3-c3ccccc3)cc2)cc1. The van der Waals surface area contributed by atoms with Crippen LogP contribution in [0.1, 0.15) is 24.0 Å². The Bertz CT molecular complexity index is 1940. The first-order valence-corrected chi connectivity index (χ1v) is 15.9. The second kappa shape index (κ2) is 13.5. The Morgan fingerprint density at radius 3 is 1.39 bits per heavy atom. The van der Waals surface area contributed by atoms with Crippen LogP contribution in [0.15, 0.2) is 182 Å². The van der Waals surface area contributed by atoms with Gasteiger partial charge in [0.05, 0.1) is 0 Å². The molecule has 0 saturated heterocycles. The quantitative estimate of drug-likeness (QED) is 0.152. The van der Waals surface area contributed by atoms with Crippen LogP contribution in [0.25, 0.3) is 39.3 Å². The van der Waals surface area contributed by atoms with Crippen molar-refractivity contribution in [1.82, 2.24) is 0 Å². The van der Waals surface area contributed by atoms with Crippen molar-refractivity contribution in [3.05, 3.63) is 193 Å². The van der Waals surface area contributed by atoms with Crippen LogP contribution >= 0.6 is 0 Å². The van der Waals surface area contributed by atoms with Crippen LogP contribution in [-0.2, 0) is 6.42 Å². The Labute approximate surface area is 271 Å². The van der Waals surface area contributed by atoms with E-state index in [9.17, 15) is 0 Å². The number of ether oxygens (including phenoxy) is 1. The standard InChI is InChI=1S/C44H36NO/c1-33(30-34-14-6-2-7-15-34)35-22-26-41(27-23-35)46-42-28-24-40(25-29-42)45-43(37-18-10-4-11-19-37)31-39(36-16-8-3-9-17-36)32-44(45)38-20-12-5-13-21-38/h2-29,31-33H,30H2,1H3/q+1. The summed E-state index contributed by atoms with van der Waals surface area (Å²) in [6, 6.07) is 64.0. The topological polar surface area (TPSA) is 13.1 Å². The molecule has 0 radical (unpaired) electrons. The summed E-state index contributed by atoms with van der Waals surface area (Å²) in [6.07, 6.45) is 1.02. The lowest BCUT2D eigenvalue weighted by Crippen LogP contribution is -2.36. The maximum absolute atomic E-state index is 6.32. The molecular weight excluding hydrogens is 558 g/mol. The number of nitrogens with zero attached hydrogens (tertiary/aromatic N) is 1. The van der Waals surface area contributed by atoms with Crippen molar-refractivity contribution >= 4 is 0 Å². The van der Waals surface area contributed by atoms with Gasteiger partial charge in [0.25, 0.3) is 0 Å². The molecule has 2 heteroatoms. The fourth-order valence-corrected chi connectivity index (χ4v) is 6.06. The molecule has 1 aromatic heterocycles. The van der Waals surface area contributed by atoms with E-state index in [2.05, 4.69) is 193 Å². The molecule has 7 aromatic rings. The van der Waals surface area contributed by atoms with Crippen LogP contribution in [0.4, 0.5) is 0 Å². The summed E-state index contributed by atoms with van der Waals surface area (Å²) in [5.41, 5.74) is 10.6. The van der Waals surface area contributed by atoms with E-state index < -0.39 is 0 Å². The fraction of sp³-hybridized carbons (Fsp3) is 0.0682. The van der Waals surface area contributed by atoms with E-state index in [1.807, 2.05) is 0 Å². The molecule has 1 heterocycles. The molecule has 6 aromatic carbocycles. The van der Waals surface area contributed by atoms with E-state index in [0.29, 0.717) is 5.92 Å². The predicted octanol–water partition coefficient (Wildman–Crippen LogP) is 11.1. The smallest absolute Gasteiger partial charge is 0.219 e. The van der Waals surface area contributed by atoms with Crippen LogP contribution in [0.2, 0.25) is 0 Å². The van der Waals surface area contributed by atoms with Gasteiger partial charge in [0.15, 0.2) is 0 Å². The van der Waals surface area contributed by atoms with Gasteiger partial charge < -0.3 is 4.74 Å². The second-order valence-electron chi connectivity index (χ2n) is 11.7. The Hall–Kier alpha value is -5.73. The molecule has 0 fully saturated rings. The zero-order valence-electron chi connectivity index (χ0n) is 26.0. The maximum Gasteiger partial charge on any atom is 0.219 e. The molecule has 0 aliphatic carbocycles. The number of hydrogen-bond donors (Lipinski definition) is 0. The van der Waals surface area contributed by atoms with Crippen LogP contribution in [0.3, 0.4) is 0 Å². The van der Waals surface area contributed by atoms with E-state index in [1.54, 1.807) is 0 Å². The molecule has 0 amide bonds. The van der Waals surface area contributed by atoms with Crippen LogP contribution in [-0.4, -0.2) is 0 Å². The van der Waals surface area contributed by atoms with Crippen molar-refractivity contribution in [3.8, 4) is 50.8 Å². The minimum absolute atomic E-state index is 0.429. The maximum atomic E-state index is 6.32. The summed E-state index contributed by atoms with van der Waals surface area (Å²) in [4.78, 5) is 0. The second-order valence-corrected chi connectivity index (χ2v) is 11.7. The zero-order valence-corrected chi connectivity index (χ0v) is 26.0. The van der Waals surface area contributed by atoms with Gasteiger partial charge in [0.2, 0.25) is 17.1 Å². The summed E-state index contributed by atoms with van der Waals surface area (Å²) < 4.78 is 8.67. The summed E-state index contributed by atoms with van der Waals surface area (Å²) in [6.45, 7) is 2.28. The molecule has 1 atom stereocenters. The van der Waals surface area contributed by atoms with Gasteiger partial charge in [-0.2, -0.15) is 4.57 Å². The number of hydrogen-bond acceptors (Lipinski definition) is 1. The minimum Gasteiger partial charge on any atom is -0.457 e. The third kappa shape index (κ3) is 6.52. The Kier molecular flexibility index (Phi) is 8.51. The van der Waals surface area contributed by atoms with Gasteiger partial charge in [0, 0.05) is 35.4 Å². The van der Waals surface area contributed by atoms with Crippen LogP contribution in [0, 0.1) is 0 Å². The van der Waals surface area contributed by atoms with Crippen molar-refractivity contribution < 1.29 is 9.30 Å². The average molecular weight is 595 g/mol. The first-order valence-electron chi connectivity index (χ1n) is 15.9. The molecule has 0 aliphatic rings. The third-order valence-electron chi connectivity index (χ3n) is 8.48. The Morgan fingerprint density at radius 2 is 0.891 bits per heavy atom. The first-order chi connectivity index (χ1) is 22.7. The molecule has 1 unspecified atom stereocenters. The first kappa shape index (κ1) is 29.0. The largest absolute Gasteiger partial charge is 0.457 e. The third-order valence-corrected chi connectivity index (χ3v) is 8.48. The summed E-state index contributed by atoms with van der Waals surface area (Å²) >= 11 is 0. The Morgan fingerprint density at radius 1 is 0.457 bits per heavy atom. The molecule has 0 bridgehead atoms. The lowest BCUT2D eigenvalue weighted by Gasteiger charge is -2.14. The highest BCUT2D eigenvalue weighted by Crippen LogP contribution is 2.32. The molecule has 2 nitrogen and oxygen atoms in total. The number of aromatic nitrogens is 1. The summed E-state index contributed by atoms with van der Waals surface area (Å²) in [7, 11) is 0. The van der Waals surface area contributed by atoms with Crippen molar-refractivity contribution in [2.75, 3.05) is 0 Å². The zero-order chi connectivity index (χ0) is 31.1. The number of rotatable bonds is 9. The van der Waals surface area contributed by atoms with E-state index >= 15 is 0 Å². The van der Waals surface area contributed by atoms with E-state index in [1.165, 1.54) is 22.3 Å². The molecule has 0 aliphatic heterocycles. The highest BCUT2D eigenvalue weighted by Gasteiger charge is 2.25. The van der Waals surface area contributed by atoms with Gasteiger partial charge in [-0.15, -0.1) is 0 Å². The van der Waals surface area contributed by atoms with E-state index in [4.69, 9.17) is 4.74 Å². The normalized spacial score (nSPS) is 11.6. The lowest BCUT2D eigenvalue weighted by molar-refractivity contribution is -0.572. The lowest BCUT2D eigenvalue weighted by atomic mass is 9.94. The Balaban J connectivity index is 1.22. The number of pyridine rings is 1. The van der Waals surface area contributed by atoms with Crippen molar-refractivity contribution in [2.45, 2.75) is 19.3 Å².